The Morgan fingerprint density at radius 3 is 2.67 bits per heavy atom. The molecule has 2 heterocycles. The van der Waals surface area contributed by atoms with Crippen molar-refractivity contribution in [3.63, 3.8) is 0 Å². The number of H-pyrrole nitrogens is 1. The van der Waals surface area contributed by atoms with Crippen LogP contribution in [0.1, 0.15) is 53.8 Å². The molecule has 0 saturated carbocycles. The van der Waals surface area contributed by atoms with Gasteiger partial charge in [-0.15, -0.1) is 0 Å². The van der Waals surface area contributed by atoms with Gasteiger partial charge in [-0.05, 0) is 48.7 Å². The molecule has 3 aromatic rings. The van der Waals surface area contributed by atoms with E-state index in [2.05, 4.69) is 17.1 Å². The van der Waals surface area contributed by atoms with E-state index in [1.807, 2.05) is 29.2 Å². The van der Waals surface area contributed by atoms with Crippen molar-refractivity contribution in [2.75, 3.05) is 26.9 Å². The van der Waals surface area contributed by atoms with E-state index < -0.39 is 0 Å². The topological polar surface area (TPSA) is 87.7 Å². The Balaban J connectivity index is 1.74. The summed E-state index contributed by atoms with van der Waals surface area (Å²) in [7, 11) is 1.65. The van der Waals surface area contributed by atoms with Crippen molar-refractivity contribution in [1.82, 2.24) is 15.1 Å². The number of fused-ring (bicyclic) bond motifs is 1. The molecule has 0 fully saturated rings. The summed E-state index contributed by atoms with van der Waals surface area (Å²) in [6.45, 7) is 3.87. The minimum absolute atomic E-state index is 0.0532. The van der Waals surface area contributed by atoms with Gasteiger partial charge in [0.05, 0.1) is 12.6 Å². The number of rotatable bonds is 10. The molecule has 7 nitrogen and oxygen atoms in total. The van der Waals surface area contributed by atoms with E-state index in [9.17, 15) is 9.90 Å². The third kappa shape index (κ3) is 4.70. The van der Waals surface area contributed by atoms with Crippen LogP contribution in [-0.4, -0.2) is 53.0 Å². The van der Waals surface area contributed by atoms with Crippen molar-refractivity contribution in [1.29, 1.82) is 0 Å². The molecule has 1 aliphatic heterocycles. The van der Waals surface area contributed by atoms with Crippen LogP contribution in [-0.2, 0) is 4.74 Å². The van der Waals surface area contributed by atoms with Gasteiger partial charge in [0.2, 0.25) is 0 Å². The number of ether oxygens (including phenoxy) is 2. The molecule has 8 heteroatoms. The molecule has 0 bridgehead atoms. The second-order valence-corrected chi connectivity index (χ2v) is 8.48. The number of nitrogens with one attached hydrogen (secondary N) is 1. The number of amides is 1. The normalized spacial score (nSPS) is 15.2. The van der Waals surface area contributed by atoms with Gasteiger partial charge >= 0.3 is 0 Å². The quantitative estimate of drug-likeness (QED) is 0.398. The van der Waals surface area contributed by atoms with Crippen LogP contribution in [0.4, 0.5) is 0 Å². The maximum absolute atomic E-state index is 13.3. The highest BCUT2D eigenvalue weighted by molar-refractivity contribution is 6.31. The lowest BCUT2D eigenvalue weighted by atomic mass is 9.95. The Hall–Kier alpha value is -3.03. The van der Waals surface area contributed by atoms with Crippen molar-refractivity contribution >= 4 is 17.5 Å². The molecule has 1 unspecified atom stereocenters. The van der Waals surface area contributed by atoms with Crippen LogP contribution >= 0.6 is 11.6 Å². The van der Waals surface area contributed by atoms with E-state index in [1.165, 1.54) is 6.07 Å². The molecule has 4 rings (SSSR count). The van der Waals surface area contributed by atoms with Crippen LogP contribution < -0.4 is 4.74 Å². The highest BCUT2D eigenvalue weighted by Crippen LogP contribution is 2.45. The number of hydrogen-bond acceptors (Lipinski definition) is 5. The third-order valence-electron chi connectivity index (χ3n) is 5.79. The first-order valence-corrected chi connectivity index (χ1v) is 11.5. The number of nitrogens with zero attached hydrogens (tertiary/aromatic N) is 2. The lowest BCUT2D eigenvalue weighted by molar-refractivity contribution is 0.0723. The molecule has 1 atom stereocenters. The molecule has 0 radical (unpaired) electrons. The number of unbranched alkanes of at least 4 members (excludes halogenated alkanes) is 1. The second-order valence-electron chi connectivity index (χ2n) is 8.04. The van der Waals surface area contributed by atoms with Crippen LogP contribution in [0.15, 0.2) is 42.5 Å². The van der Waals surface area contributed by atoms with Crippen molar-refractivity contribution < 1.29 is 19.4 Å². The zero-order valence-corrected chi connectivity index (χ0v) is 19.6. The first kappa shape index (κ1) is 23.1. The molecule has 0 spiro atoms. The van der Waals surface area contributed by atoms with Gasteiger partial charge in [-0.3, -0.25) is 9.89 Å². The Kier molecular flexibility index (Phi) is 7.20. The monoisotopic (exact) mass is 469 g/mol. The molecule has 0 aliphatic carbocycles. The largest absolute Gasteiger partial charge is 0.507 e. The average Bonchev–Trinajstić information content (AvgIpc) is 3.35. The SMILES string of the molecule is CCCCOc1ccc(C2c3c(-c4cc(Cl)ccc4O)n[nH]c3C(=O)N2CCCOC)cc1. The summed E-state index contributed by atoms with van der Waals surface area (Å²) >= 11 is 6.20. The Labute approximate surface area is 198 Å². The van der Waals surface area contributed by atoms with Crippen molar-refractivity contribution in [2.45, 2.75) is 32.2 Å². The van der Waals surface area contributed by atoms with E-state index in [0.717, 1.165) is 29.7 Å². The van der Waals surface area contributed by atoms with Crippen molar-refractivity contribution in [3.8, 4) is 22.8 Å². The van der Waals surface area contributed by atoms with Gasteiger partial charge in [0, 0.05) is 36.4 Å². The molecule has 1 aliphatic rings. The summed E-state index contributed by atoms with van der Waals surface area (Å²) in [5, 5.41) is 18.3. The van der Waals surface area contributed by atoms with Crippen LogP contribution in [0.2, 0.25) is 5.02 Å². The number of hydrogen-bond donors (Lipinski definition) is 2. The zero-order chi connectivity index (χ0) is 23.4. The van der Waals surface area contributed by atoms with Gasteiger partial charge in [-0.2, -0.15) is 5.10 Å². The lowest BCUT2D eigenvalue weighted by Crippen LogP contribution is -2.31. The molecule has 174 valence electrons. The van der Waals surface area contributed by atoms with Gasteiger partial charge in [-0.1, -0.05) is 37.1 Å². The smallest absolute Gasteiger partial charge is 0.273 e. The summed E-state index contributed by atoms with van der Waals surface area (Å²) in [5.41, 5.74) is 3.09. The van der Waals surface area contributed by atoms with E-state index in [4.69, 9.17) is 21.1 Å². The molecule has 0 saturated heterocycles. The number of aromatic amines is 1. The van der Waals surface area contributed by atoms with Crippen molar-refractivity contribution in [2.24, 2.45) is 0 Å². The van der Waals surface area contributed by atoms with Gasteiger partial charge in [0.1, 0.15) is 22.9 Å². The molecule has 1 amide bonds. The first-order chi connectivity index (χ1) is 16.0. The number of carbonyl (C=O) groups is 1. The predicted octanol–water partition coefficient (Wildman–Crippen LogP) is 5.20. The Morgan fingerprint density at radius 2 is 1.94 bits per heavy atom. The van der Waals surface area contributed by atoms with Gasteiger partial charge in [-0.25, -0.2) is 0 Å². The Bertz CT molecular complexity index is 1110. The number of phenolic OH excluding ortho intramolecular Hbond substituents is 1. The summed E-state index contributed by atoms with van der Waals surface area (Å²) in [6, 6.07) is 12.3. The Morgan fingerprint density at radius 1 is 1.15 bits per heavy atom. The fraction of sp³-hybridized carbons (Fsp3) is 0.360. The summed E-state index contributed by atoms with van der Waals surface area (Å²) in [6.07, 6.45) is 2.77. The number of phenols is 1. The van der Waals surface area contributed by atoms with Crippen molar-refractivity contribution in [3.05, 3.63) is 64.3 Å². The number of carbonyl (C=O) groups excluding carboxylic acids is 1. The third-order valence-corrected chi connectivity index (χ3v) is 6.02. The van der Waals surface area contributed by atoms with E-state index in [0.29, 0.717) is 48.2 Å². The average molecular weight is 470 g/mol. The summed E-state index contributed by atoms with van der Waals surface area (Å²) < 4.78 is 11.0. The number of methoxy groups -OCH3 is 1. The molecular formula is C25H28ClN3O4. The predicted molar refractivity (Wildman–Crippen MR) is 127 cm³/mol. The maximum atomic E-state index is 13.3. The van der Waals surface area contributed by atoms with E-state index >= 15 is 0 Å². The highest BCUT2D eigenvalue weighted by Gasteiger charge is 2.42. The van der Waals surface area contributed by atoms with Crippen LogP contribution in [0, 0.1) is 0 Å². The summed E-state index contributed by atoms with van der Waals surface area (Å²) in [4.78, 5) is 15.1. The standard InChI is InChI=1S/C25H28ClN3O4/c1-3-4-14-33-18-9-6-16(7-10-18)24-21-22(19-15-17(26)8-11-20(19)30)27-28-23(21)25(31)29(24)12-5-13-32-2/h6-11,15,24,30H,3-5,12-14H2,1-2H3,(H,27,28). The lowest BCUT2D eigenvalue weighted by Gasteiger charge is -2.26. The molecule has 2 aromatic carbocycles. The highest BCUT2D eigenvalue weighted by atomic mass is 35.5. The minimum atomic E-state index is -0.360. The van der Waals surface area contributed by atoms with Gasteiger partial charge in [0.15, 0.2) is 0 Å². The van der Waals surface area contributed by atoms with Crippen LogP contribution in [0.25, 0.3) is 11.3 Å². The molecule has 2 N–H and O–H groups in total. The van der Waals surface area contributed by atoms with E-state index in [-0.39, 0.29) is 17.7 Å². The van der Waals surface area contributed by atoms with Gasteiger partial charge < -0.3 is 19.5 Å². The first-order valence-electron chi connectivity index (χ1n) is 11.1. The van der Waals surface area contributed by atoms with Gasteiger partial charge in [0.25, 0.3) is 5.91 Å². The number of benzene rings is 2. The number of halogens is 1. The maximum Gasteiger partial charge on any atom is 0.273 e. The second kappa shape index (κ2) is 10.3. The number of aromatic hydroxyl groups is 1. The number of aromatic nitrogens is 2. The van der Waals surface area contributed by atoms with E-state index in [1.54, 1.807) is 19.2 Å². The van der Waals surface area contributed by atoms with Crippen LogP contribution in [0.5, 0.6) is 11.5 Å². The minimum Gasteiger partial charge on any atom is -0.507 e. The fourth-order valence-corrected chi connectivity index (χ4v) is 4.31. The molecular weight excluding hydrogens is 442 g/mol. The zero-order valence-electron chi connectivity index (χ0n) is 18.8. The molecule has 33 heavy (non-hydrogen) atoms. The molecule has 1 aromatic heterocycles. The van der Waals surface area contributed by atoms with Crippen LogP contribution in [0.3, 0.4) is 0 Å². The summed E-state index contributed by atoms with van der Waals surface area (Å²) in [5.74, 6) is 0.717. The fourth-order valence-electron chi connectivity index (χ4n) is 4.14.